The van der Waals surface area contributed by atoms with E-state index in [1.165, 1.54) is 0 Å². The molecule has 0 aromatic heterocycles. The molecule has 6 heteroatoms. The Kier molecular flexibility index (Phi) is 2.95. The van der Waals surface area contributed by atoms with Crippen LogP contribution in [-0.4, -0.2) is 54.4 Å². The molecule has 0 aromatic carbocycles. The molecule has 1 aliphatic rings. The maximum atomic E-state index is 11.1. The van der Waals surface area contributed by atoms with Crippen molar-refractivity contribution >= 4 is 12.0 Å². The number of ether oxygens (including phenoxy) is 1. The highest BCUT2D eigenvalue weighted by Gasteiger charge is 2.42. The molecule has 1 fully saturated rings. The number of hydrogen-bond donors (Lipinski definition) is 2. The number of nitrogens with one attached hydrogen (secondary N) is 1. The van der Waals surface area contributed by atoms with E-state index in [1.807, 2.05) is 0 Å². The van der Waals surface area contributed by atoms with E-state index in [-0.39, 0.29) is 12.6 Å². The average molecular weight is 202 g/mol. The first-order valence-electron chi connectivity index (χ1n) is 4.29. The van der Waals surface area contributed by atoms with Gasteiger partial charge in [-0.05, 0) is 6.92 Å². The minimum Gasteiger partial charge on any atom is -0.480 e. The first kappa shape index (κ1) is 10.8. The van der Waals surface area contributed by atoms with Crippen molar-refractivity contribution in [2.45, 2.75) is 12.5 Å². The molecule has 0 radical (unpaired) electrons. The van der Waals surface area contributed by atoms with Gasteiger partial charge in [0.1, 0.15) is 12.2 Å². The molecule has 1 aliphatic heterocycles. The molecule has 6 nitrogen and oxygen atoms in total. The molecule has 80 valence electrons. The smallest absolute Gasteiger partial charge is 0.329 e. The molecule has 1 heterocycles. The van der Waals surface area contributed by atoms with Crippen molar-refractivity contribution in [2.24, 2.45) is 0 Å². The van der Waals surface area contributed by atoms with Crippen LogP contribution in [0, 0.1) is 0 Å². The Bertz CT molecular complexity index is 248. The van der Waals surface area contributed by atoms with Crippen LogP contribution in [0.15, 0.2) is 0 Å². The lowest BCUT2D eigenvalue weighted by atomic mass is 9.97. The largest absolute Gasteiger partial charge is 0.480 e. The van der Waals surface area contributed by atoms with Crippen molar-refractivity contribution < 1.29 is 19.4 Å². The molecule has 2 N–H and O–H groups in total. The third-order valence-electron chi connectivity index (χ3n) is 2.10. The number of aliphatic carboxylic acids is 1. The summed E-state index contributed by atoms with van der Waals surface area (Å²) in [6, 6.07) is -0.165. The van der Waals surface area contributed by atoms with E-state index < -0.39 is 11.6 Å². The first-order valence-corrected chi connectivity index (χ1v) is 4.29. The van der Waals surface area contributed by atoms with E-state index in [0.29, 0.717) is 13.1 Å². The van der Waals surface area contributed by atoms with Crippen molar-refractivity contribution in [1.29, 1.82) is 0 Å². The molecule has 0 saturated carbocycles. The predicted octanol–water partition coefficient (Wildman–Crippen LogP) is -0.499. The van der Waals surface area contributed by atoms with E-state index in [9.17, 15) is 9.59 Å². The highest BCUT2D eigenvalue weighted by Crippen LogP contribution is 2.24. The van der Waals surface area contributed by atoms with Crippen LogP contribution >= 0.6 is 0 Å². The molecule has 2 amide bonds. The third kappa shape index (κ3) is 2.35. The third-order valence-corrected chi connectivity index (χ3v) is 2.10. The van der Waals surface area contributed by atoms with Gasteiger partial charge >= 0.3 is 12.0 Å². The topological polar surface area (TPSA) is 78.9 Å². The molecule has 14 heavy (non-hydrogen) atoms. The number of hydrogen-bond acceptors (Lipinski definition) is 3. The van der Waals surface area contributed by atoms with Crippen molar-refractivity contribution in [3.8, 4) is 0 Å². The fourth-order valence-electron chi connectivity index (χ4n) is 1.39. The summed E-state index contributed by atoms with van der Waals surface area (Å²) in [5.41, 5.74) is -0.509. The van der Waals surface area contributed by atoms with Gasteiger partial charge in [-0.1, -0.05) is 0 Å². The number of likely N-dealkylation sites (tertiary alicyclic amines) is 1. The van der Waals surface area contributed by atoms with E-state index >= 15 is 0 Å². The minimum atomic E-state index is -0.996. The van der Waals surface area contributed by atoms with Gasteiger partial charge in [0.05, 0.1) is 13.1 Å². The Morgan fingerprint density at radius 2 is 2.14 bits per heavy atom. The van der Waals surface area contributed by atoms with Crippen LogP contribution in [0.3, 0.4) is 0 Å². The van der Waals surface area contributed by atoms with Crippen molar-refractivity contribution in [1.82, 2.24) is 10.2 Å². The van der Waals surface area contributed by atoms with Gasteiger partial charge in [0, 0.05) is 7.05 Å². The van der Waals surface area contributed by atoms with Crippen LogP contribution in [0.25, 0.3) is 0 Å². The molecule has 1 saturated heterocycles. The molecule has 1 rings (SSSR count). The lowest BCUT2D eigenvalue weighted by Crippen LogP contribution is -2.64. The predicted molar refractivity (Wildman–Crippen MR) is 48.0 cm³/mol. The van der Waals surface area contributed by atoms with Crippen molar-refractivity contribution in [2.75, 3.05) is 26.7 Å². The summed E-state index contributed by atoms with van der Waals surface area (Å²) in [5, 5.41) is 10.9. The molecule has 0 unspecified atom stereocenters. The number of carbonyl (C=O) groups is 2. The van der Waals surface area contributed by atoms with E-state index in [0.717, 1.165) is 0 Å². The average Bonchev–Trinajstić information content (AvgIpc) is 2.09. The minimum absolute atomic E-state index is 0.165. The Hall–Kier alpha value is -1.30. The van der Waals surface area contributed by atoms with Crippen LogP contribution in [0.5, 0.6) is 0 Å². The Balaban J connectivity index is 2.30. The van der Waals surface area contributed by atoms with Gasteiger partial charge in [0.25, 0.3) is 0 Å². The number of amides is 2. The lowest BCUT2D eigenvalue weighted by molar-refractivity contribution is -0.159. The molecular weight excluding hydrogens is 188 g/mol. The summed E-state index contributed by atoms with van der Waals surface area (Å²) in [4.78, 5) is 22.9. The zero-order chi connectivity index (χ0) is 10.8. The lowest BCUT2D eigenvalue weighted by Gasteiger charge is -2.46. The van der Waals surface area contributed by atoms with Gasteiger partial charge < -0.3 is 20.1 Å². The van der Waals surface area contributed by atoms with E-state index in [4.69, 9.17) is 9.84 Å². The molecule has 0 atom stereocenters. The van der Waals surface area contributed by atoms with Crippen molar-refractivity contribution in [3.05, 3.63) is 0 Å². The monoisotopic (exact) mass is 202 g/mol. The van der Waals surface area contributed by atoms with E-state index in [1.54, 1.807) is 18.9 Å². The van der Waals surface area contributed by atoms with E-state index in [2.05, 4.69) is 5.32 Å². The Morgan fingerprint density at radius 1 is 1.57 bits per heavy atom. The van der Waals surface area contributed by atoms with Crippen molar-refractivity contribution in [3.63, 3.8) is 0 Å². The van der Waals surface area contributed by atoms with Crippen LogP contribution in [0.1, 0.15) is 6.92 Å². The standard InChI is InChI=1S/C8H14N2O4/c1-8(14-3-6(11)12)4-10(5-8)7(13)9-2/h3-5H2,1-2H3,(H,9,13)(H,11,12). The maximum absolute atomic E-state index is 11.1. The fourth-order valence-corrected chi connectivity index (χ4v) is 1.39. The van der Waals surface area contributed by atoms with Crippen LogP contribution in [0.4, 0.5) is 4.79 Å². The first-order chi connectivity index (χ1) is 6.47. The maximum Gasteiger partial charge on any atom is 0.329 e. The van der Waals surface area contributed by atoms with Crippen LogP contribution in [0.2, 0.25) is 0 Å². The molecule has 0 bridgehead atoms. The number of nitrogens with zero attached hydrogens (tertiary/aromatic N) is 1. The Morgan fingerprint density at radius 3 is 2.57 bits per heavy atom. The van der Waals surface area contributed by atoms with Gasteiger partial charge in [0.15, 0.2) is 0 Å². The zero-order valence-corrected chi connectivity index (χ0v) is 8.24. The van der Waals surface area contributed by atoms with Gasteiger partial charge in [-0.25, -0.2) is 9.59 Å². The van der Waals surface area contributed by atoms with Gasteiger partial charge in [-0.3, -0.25) is 0 Å². The second-order valence-corrected chi connectivity index (χ2v) is 3.54. The summed E-state index contributed by atoms with van der Waals surface area (Å²) in [6.45, 7) is 2.33. The highest BCUT2D eigenvalue weighted by atomic mass is 16.5. The highest BCUT2D eigenvalue weighted by molar-refractivity contribution is 5.75. The summed E-state index contributed by atoms with van der Waals surface area (Å²) in [5.74, 6) is -0.996. The fraction of sp³-hybridized carbons (Fsp3) is 0.750. The molecule has 0 aliphatic carbocycles. The SMILES string of the molecule is CNC(=O)N1CC(C)(OCC(=O)O)C1. The number of urea groups is 1. The second-order valence-electron chi connectivity index (χ2n) is 3.54. The zero-order valence-electron chi connectivity index (χ0n) is 8.24. The summed E-state index contributed by atoms with van der Waals surface area (Å²) >= 11 is 0. The molecule has 0 aromatic rings. The Labute approximate surface area is 81.8 Å². The normalized spacial score (nSPS) is 18.6. The van der Waals surface area contributed by atoms with Gasteiger partial charge in [0.2, 0.25) is 0 Å². The quantitative estimate of drug-likeness (QED) is 0.646. The van der Waals surface area contributed by atoms with Crippen LogP contribution < -0.4 is 5.32 Å². The summed E-state index contributed by atoms with van der Waals surface area (Å²) in [7, 11) is 1.55. The second kappa shape index (κ2) is 3.83. The number of carboxylic acid groups (broad SMARTS) is 1. The van der Waals surface area contributed by atoms with Crippen LogP contribution in [-0.2, 0) is 9.53 Å². The van der Waals surface area contributed by atoms with Gasteiger partial charge in [-0.15, -0.1) is 0 Å². The number of rotatable bonds is 3. The van der Waals surface area contributed by atoms with Gasteiger partial charge in [-0.2, -0.15) is 0 Å². The molecule has 0 spiro atoms. The summed E-state index contributed by atoms with van der Waals surface area (Å²) < 4.78 is 5.13. The molecular formula is C8H14N2O4. The number of carbonyl (C=O) groups excluding carboxylic acids is 1. The number of carboxylic acids is 1. The summed E-state index contributed by atoms with van der Waals surface area (Å²) in [6.07, 6.45) is 0.